The number of ether oxygens (including phenoxy) is 2. The van der Waals surface area contributed by atoms with Crippen LogP contribution in [0.25, 0.3) is 11.1 Å². The summed E-state index contributed by atoms with van der Waals surface area (Å²) in [5, 5.41) is 22.9. The molecule has 0 bridgehead atoms. The Kier molecular flexibility index (Phi) is 7.83. The summed E-state index contributed by atoms with van der Waals surface area (Å²) in [6.45, 7) is 6.25. The Labute approximate surface area is 202 Å². The van der Waals surface area contributed by atoms with Crippen LogP contribution in [-0.2, 0) is 9.47 Å². The number of methoxy groups -OCH3 is 1. The lowest BCUT2D eigenvalue weighted by atomic mass is 9.75. The van der Waals surface area contributed by atoms with E-state index in [1.165, 1.54) is 18.2 Å². The van der Waals surface area contributed by atoms with Gasteiger partial charge in [-0.25, -0.2) is 9.59 Å². The van der Waals surface area contributed by atoms with E-state index in [4.69, 9.17) is 9.47 Å². The summed E-state index contributed by atoms with van der Waals surface area (Å²) in [7, 11) is 1.15. The minimum absolute atomic E-state index is 0.0155. The van der Waals surface area contributed by atoms with Crippen LogP contribution in [0, 0.1) is 38.0 Å². The maximum absolute atomic E-state index is 13.4. The normalized spacial score (nSPS) is 19.7. The van der Waals surface area contributed by atoms with Crippen molar-refractivity contribution in [2.24, 2.45) is 17.8 Å². The predicted molar refractivity (Wildman–Crippen MR) is 127 cm³/mol. The highest BCUT2D eigenvalue weighted by Crippen LogP contribution is 2.38. The Bertz CT molecular complexity index is 1160. The monoisotopic (exact) mass is 484 g/mol. The lowest BCUT2D eigenvalue weighted by Crippen LogP contribution is -2.36. The van der Waals surface area contributed by atoms with Crippen molar-refractivity contribution < 1.29 is 28.9 Å². The molecule has 0 unspecified atom stereocenters. The molecule has 35 heavy (non-hydrogen) atoms. The van der Waals surface area contributed by atoms with Crippen molar-refractivity contribution in [3.8, 4) is 11.1 Å². The molecule has 1 aliphatic carbocycles. The van der Waals surface area contributed by atoms with E-state index in [2.05, 4.69) is 20.8 Å². The van der Waals surface area contributed by atoms with Gasteiger partial charge in [0.1, 0.15) is 6.10 Å². The van der Waals surface area contributed by atoms with Crippen LogP contribution in [0.1, 0.15) is 60.7 Å². The van der Waals surface area contributed by atoms with Gasteiger partial charge in [-0.05, 0) is 42.7 Å². The zero-order chi connectivity index (χ0) is 25.9. The van der Waals surface area contributed by atoms with Crippen LogP contribution >= 0.6 is 0 Å². The van der Waals surface area contributed by atoms with Crippen molar-refractivity contribution in [1.82, 2.24) is 0 Å². The van der Waals surface area contributed by atoms with Gasteiger partial charge >= 0.3 is 11.9 Å². The summed E-state index contributed by atoms with van der Waals surface area (Å²) < 4.78 is 10.7. The molecule has 10 nitrogen and oxygen atoms in total. The number of carbonyl (C=O) groups is 2. The highest BCUT2D eigenvalue weighted by atomic mass is 16.6. The standard InChI is InChI=1S/C25H28N2O8/c1-14(2)18-8-5-15(3)11-23(18)35-25(29)20-10-7-17(27(32)33)13-22(20)21-12-16(26(30)31)6-9-19(21)24(28)34-4/h6-7,9-10,12-15,18,23H,5,8,11H2,1-4H3/t15-,18+,23-/m0/s1. The van der Waals surface area contributed by atoms with Gasteiger partial charge in [0.25, 0.3) is 11.4 Å². The molecule has 0 spiro atoms. The van der Waals surface area contributed by atoms with Crippen molar-refractivity contribution in [3.05, 3.63) is 67.8 Å². The number of hydrogen-bond donors (Lipinski definition) is 0. The molecule has 0 radical (unpaired) electrons. The second kappa shape index (κ2) is 10.6. The third-order valence-electron chi connectivity index (χ3n) is 6.56. The van der Waals surface area contributed by atoms with Crippen molar-refractivity contribution >= 4 is 23.3 Å². The Morgan fingerprint density at radius 1 is 0.914 bits per heavy atom. The van der Waals surface area contributed by atoms with E-state index in [9.17, 15) is 29.8 Å². The largest absolute Gasteiger partial charge is 0.465 e. The van der Waals surface area contributed by atoms with Gasteiger partial charge in [-0.1, -0.05) is 27.2 Å². The lowest BCUT2D eigenvalue weighted by Gasteiger charge is -2.36. The number of nitro groups is 2. The molecule has 2 aromatic carbocycles. The Morgan fingerprint density at radius 3 is 1.89 bits per heavy atom. The second-order valence-electron chi connectivity index (χ2n) is 9.24. The summed E-state index contributed by atoms with van der Waals surface area (Å²) in [5.74, 6) is -0.676. The molecule has 1 aliphatic rings. The van der Waals surface area contributed by atoms with Crippen molar-refractivity contribution in [1.29, 1.82) is 0 Å². The maximum atomic E-state index is 13.4. The molecule has 3 rings (SSSR count). The average molecular weight is 485 g/mol. The molecule has 0 aliphatic heterocycles. The first-order valence-corrected chi connectivity index (χ1v) is 11.4. The third kappa shape index (κ3) is 5.64. The first kappa shape index (κ1) is 25.8. The SMILES string of the molecule is COC(=O)c1ccc([N+](=O)[O-])cc1-c1cc([N+](=O)[O-])ccc1C(=O)O[C@H]1C[C@@H](C)CC[C@@H]1C(C)C. The molecule has 0 saturated heterocycles. The van der Waals surface area contributed by atoms with Crippen LogP contribution in [0.3, 0.4) is 0 Å². The summed E-state index contributed by atoms with van der Waals surface area (Å²) in [4.78, 5) is 47.4. The number of nitrogens with zero attached hydrogens (tertiary/aromatic N) is 2. The number of carbonyl (C=O) groups excluding carboxylic acids is 2. The van der Waals surface area contributed by atoms with Crippen molar-refractivity contribution in [2.75, 3.05) is 7.11 Å². The predicted octanol–water partition coefficient (Wildman–Crippen LogP) is 5.57. The maximum Gasteiger partial charge on any atom is 0.339 e. The fraction of sp³-hybridized carbons (Fsp3) is 0.440. The summed E-state index contributed by atoms with van der Waals surface area (Å²) >= 11 is 0. The van der Waals surface area contributed by atoms with Gasteiger partial charge in [-0.2, -0.15) is 0 Å². The Hall–Kier alpha value is -3.82. The summed E-state index contributed by atoms with van der Waals surface area (Å²) in [6, 6.07) is 6.96. The molecule has 186 valence electrons. The van der Waals surface area contributed by atoms with Gasteiger partial charge in [0, 0.05) is 35.4 Å². The second-order valence-corrected chi connectivity index (χ2v) is 9.24. The van der Waals surface area contributed by atoms with E-state index >= 15 is 0 Å². The van der Waals surface area contributed by atoms with E-state index in [1.807, 2.05) is 0 Å². The first-order valence-electron chi connectivity index (χ1n) is 11.4. The molecule has 1 saturated carbocycles. The first-order chi connectivity index (χ1) is 16.5. The molecule has 0 heterocycles. The smallest absolute Gasteiger partial charge is 0.339 e. The van der Waals surface area contributed by atoms with Gasteiger partial charge in [0.2, 0.25) is 0 Å². The van der Waals surface area contributed by atoms with E-state index in [0.717, 1.165) is 38.2 Å². The minimum Gasteiger partial charge on any atom is -0.465 e. The van der Waals surface area contributed by atoms with Crippen molar-refractivity contribution in [2.45, 2.75) is 46.1 Å². The highest BCUT2D eigenvalue weighted by molar-refractivity contribution is 6.04. The van der Waals surface area contributed by atoms with Crippen molar-refractivity contribution in [3.63, 3.8) is 0 Å². The number of rotatable bonds is 7. The fourth-order valence-corrected chi connectivity index (χ4v) is 4.65. The van der Waals surface area contributed by atoms with Gasteiger partial charge in [-0.3, -0.25) is 20.2 Å². The molecule has 0 N–H and O–H groups in total. The van der Waals surface area contributed by atoms with Crippen LogP contribution in [0.15, 0.2) is 36.4 Å². The lowest BCUT2D eigenvalue weighted by molar-refractivity contribution is -0.385. The highest BCUT2D eigenvalue weighted by Gasteiger charge is 2.34. The fourth-order valence-electron chi connectivity index (χ4n) is 4.65. The van der Waals surface area contributed by atoms with E-state index in [1.54, 1.807) is 0 Å². The van der Waals surface area contributed by atoms with Crippen LogP contribution < -0.4 is 0 Å². The Morgan fingerprint density at radius 2 is 1.43 bits per heavy atom. The number of non-ortho nitro benzene ring substituents is 2. The summed E-state index contributed by atoms with van der Waals surface area (Å²) in [5.41, 5.74) is -0.831. The zero-order valence-corrected chi connectivity index (χ0v) is 20.1. The molecule has 10 heteroatoms. The van der Waals surface area contributed by atoms with Gasteiger partial charge in [0.05, 0.1) is 28.1 Å². The van der Waals surface area contributed by atoms with E-state index in [-0.39, 0.29) is 45.7 Å². The van der Waals surface area contributed by atoms with Gasteiger partial charge in [-0.15, -0.1) is 0 Å². The molecule has 1 fully saturated rings. The summed E-state index contributed by atoms with van der Waals surface area (Å²) in [6.07, 6.45) is 2.32. The molecule has 0 amide bonds. The van der Waals surface area contributed by atoms with Gasteiger partial charge in [0.15, 0.2) is 0 Å². The van der Waals surface area contributed by atoms with Crippen LogP contribution in [-0.4, -0.2) is 35.0 Å². The topological polar surface area (TPSA) is 139 Å². The molecule has 0 aromatic heterocycles. The van der Waals surface area contributed by atoms with Gasteiger partial charge < -0.3 is 9.47 Å². The van der Waals surface area contributed by atoms with E-state index < -0.39 is 21.8 Å². The zero-order valence-electron chi connectivity index (χ0n) is 20.1. The molecular weight excluding hydrogens is 456 g/mol. The average Bonchev–Trinajstić information content (AvgIpc) is 2.82. The van der Waals surface area contributed by atoms with Crippen LogP contribution in [0.4, 0.5) is 11.4 Å². The van der Waals surface area contributed by atoms with Crippen LogP contribution in [0.5, 0.6) is 0 Å². The molecule has 3 atom stereocenters. The quantitative estimate of drug-likeness (QED) is 0.282. The van der Waals surface area contributed by atoms with Crippen LogP contribution in [0.2, 0.25) is 0 Å². The third-order valence-corrected chi connectivity index (χ3v) is 6.56. The number of nitro benzene ring substituents is 2. The molecule has 2 aromatic rings. The minimum atomic E-state index is -0.804. The number of esters is 2. The number of benzene rings is 2. The van der Waals surface area contributed by atoms with E-state index in [0.29, 0.717) is 18.3 Å². The number of hydrogen-bond acceptors (Lipinski definition) is 8. The molecular formula is C25H28N2O8. The Balaban J connectivity index is 2.14.